The van der Waals surface area contributed by atoms with Crippen molar-refractivity contribution in [1.29, 1.82) is 0 Å². The fourth-order valence-corrected chi connectivity index (χ4v) is 1.93. The summed E-state index contributed by atoms with van der Waals surface area (Å²) in [5, 5.41) is 0. The summed E-state index contributed by atoms with van der Waals surface area (Å²) < 4.78 is 4.69. The number of esters is 1. The van der Waals surface area contributed by atoms with E-state index in [2.05, 4.69) is 21.8 Å². The van der Waals surface area contributed by atoms with Gasteiger partial charge in [-0.25, -0.2) is 0 Å². The second-order valence-corrected chi connectivity index (χ2v) is 4.46. The molecule has 4 nitrogen and oxygen atoms in total. The molecule has 0 unspecified atom stereocenters. The van der Waals surface area contributed by atoms with Gasteiger partial charge in [0.1, 0.15) is 0 Å². The van der Waals surface area contributed by atoms with Crippen molar-refractivity contribution in [1.82, 2.24) is 4.90 Å². The molecule has 0 aromatic carbocycles. The SMILES string of the molecule is CC[C@@](N)(CC(=O)OC)CN1CC=CCC1. The van der Waals surface area contributed by atoms with Gasteiger partial charge in [-0.2, -0.15) is 0 Å². The van der Waals surface area contributed by atoms with Crippen LogP contribution in [0.1, 0.15) is 26.2 Å². The van der Waals surface area contributed by atoms with Crippen LogP contribution in [0.15, 0.2) is 12.2 Å². The van der Waals surface area contributed by atoms with Gasteiger partial charge in [0.25, 0.3) is 0 Å². The lowest BCUT2D eigenvalue weighted by Gasteiger charge is -2.34. The Kier molecular flexibility index (Phi) is 4.96. The number of carbonyl (C=O) groups is 1. The summed E-state index contributed by atoms with van der Waals surface area (Å²) in [5.41, 5.74) is 5.78. The van der Waals surface area contributed by atoms with Gasteiger partial charge in [-0.05, 0) is 12.8 Å². The average Bonchev–Trinajstić information content (AvgIpc) is 2.30. The monoisotopic (exact) mass is 226 g/mol. The summed E-state index contributed by atoms with van der Waals surface area (Å²) in [6, 6.07) is 0. The Balaban J connectivity index is 2.51. The zero-order chi connectivity index (χ0) is 12.0. The molecule has 0 spiro atoms. The van der Waals surface area contributed by atoms with Gasteiger partial charge < -0.3 is 10.5 Å². The smallest absolute Gasteiger partial charge is 0.307 e. The van der Waals surface area contributed by atoms with Crippen molar-refractivity contribution >= 4 is 5.97 Å². The molecule has 0 saturated carbocycles. The van der Waals surface area contributed by atoms with Crippen molar-refractivity contribution < 1.29 is 9.53 Å². The number of methoxy groups -OCH3 is 1. The van der Waals surface area contributed by atoms with E-state index in [0.717, 1.165) is 32.5 Å². The number of nitrogens with two attached hydrogens (primary N) is 1. The maximum absolute atomic E-state index is 11.3. The number of nitrogens with zero attached hydrogens (tertiary/aromatic N) is 1. The molecule has 0 aliphatic carbocycles. The van der Waals surface area contributed by atoms with E-state index in [1.807, 2.05) is 6.92 Å². The van der Waals surface area contributed by atoms with Crippen molar-refractivity contribution in [2.45, 2.75) is 31.7 Å². The highest BCUT2D eigenvalue weighted by Crippen LogP contribution is 2.16. The van der Waals surface area contributed by atoms with Crippen molar-refractivity contribution in [2.24, 2.45) is 5.73 Å². The predicted octanol–water partition coefficient (Wildman–Crippen LogP) is 0.919. The van der Waals surface area contributed by atoms with Crippen LogP contribution in [0.25, 0.3) is 0 Å². The lowest BCUT2D eigenvalue weighted by molar-refractivity contribution is -0.142. The fourth-order valence-electron chi connectivity index (χ4n) is 1.93. The van der Waals surface area contributed by atoms with E-state index in [4.69, 9.17) is 5.73 Å². The van der Waals surface area contributed by atoms with Crippen LogP contribution in [-0.2, 0) is 9.53 Å². The molecule has 0 aromatic heterocycles. The normalized spacial score (nSPS) is 20.4. The molecule has 1 aliphatic heterocycles. The Morgan fingerprint density at radius 2 is 2.31 bits per heavy atom. The molecule has 0 bridgehead atoms. The summed E-state index contributed by atoms with van der Waals surface area (Å²) in [4.78, 5) is 13.6. The Labute approximate surface area is 97.4 Å². The minimum Gasteiger partial charge on any atom is -0.469 e. The van der Waals surface area contributed by atoms with Gasteiger partial charge in [-0.15, -0.1) is 0 Å². The second kappa shape index (κ2) is 6.01. The Morgan fingerprint density at radius 1 is 1.56 bits per heavy atom. The van der Waals surface area contributed by atoms with Crippen LogP contribution in [-0.4, -0.2) is 43.2 Å². The Bertz CT molecular complexity index is 266. The standard InChI is InChI=1S/C12H22N2O2/c1-3-12(13,9-11(15)16-2)10-14-7-5-4-6-8-14/h4-5H,3,6-10,13H2,1-2H3/t12-/m1/s1. The average molecular weight is 226 g/mol. The van der Waals surface area contributed by atoms with E-state index in [9.17, 15) is 4.79 Å². The van der Waals surface area contributed by atoms with Gasteiger partial charge in [0.05, 0.1) is 13.5 Å². The van der Waals surface area contributed by atoms with Crippen LogP contribution >= 0.6 is 0 Å². The fraction of sp³-hybridized carbons (Fsp3) is 0.750. The third-order valence-electron chi connectivity index (χ3n) is 3.11. The van der Waals surface area contributed by atoms with E-state index in [-0.39, 0.29) is 5.97 Å². The van der Waals surface area contributed by atoms with Crippen LogP contribution in [0.4, 0.5) is 0 Å². The summed E-state index contributed by atoms with van der Waals surface area (Å²) in [6.45, 7) is 4.72. The van der Waals surface area contributed by atoms with Gasteiger partial charge in [0, 0.05) is 25.2 Å². The third kappa shape index (κ3) is 3.94. The summed E-state index contributed by atoms with van der Waals surface area (Å²) >= 11 is 0. The summed E-state index contributed by atoms with van der Waals surface area (Å²) in [6.07, 6.45) is 6.47. The van der Waals surface area contributed by atoms with Crippen LogP contribution in [0.2, 0.25) is 0 Å². The van der Waals surface area contributed by atoms with Crippen LogP contribution in [0, 0.1) is 0 Å². The van der Waals surface area contributed by atoms with Crippen molar-refractivity contribution in [3.05, 3.63) is 12.2 Å². The first kappa shape index (κ1) is 13.2. The predicted molar refractivity (Wildman–Crippen MR) is 64.0 cm³/mol. The highest BCUT2D eigenvalue weighted by atomic mass is 16.5. The molecular formula is C12H22N2O2. The molecule has 0 saturated heterocycles. The molecule has 92 valence electrons. The molecule has 2 N–H and O–H groups in total. The van der Waals surface area contributed by atoms with Crippen molar-refractivity contribution in [3.8, 4) is 0 Å². The van der Waals surface area contributed by atoms with Gasteiger partial charge in [-0.3, -0.25) is 9.69 Å². The molecule has 4 heteroatoms. The first-order chi connectivity index (χ1) is 7.59. The van der Waals surface area contributed by atoms with E-state index >= 15 is 0 Å². The van der Waals surface area contributed by atoms with E-state index in [1.165, 1.54) is 7.11 Å². The zero-order valence-electron chi connectivity index (χ0n) is 10.2. The Hall–Kier alpha value is -0.870. The highest BCUT2D eigenvalue weighted by Gasteiger charge is 2.29. The topological polar surface area (TPSA) is 55.6 Å². The van der Waals surface area contributed by atoms with Crippen molar-refractivity contribution in [2.75, 3.05) is 26.7 Å². The first-order valence-corrected chi connectivity index (χ1v) is 5.83. The van der Waals surface area contributed by atoms with Gasteiger partial charge in [0.2, 0.25) is 0 Å². The molecule has 0 radical (unpaired) electrons. The van der Waals surface area contributed by atoms with Gasteiger partial charge >= 0.3 is 5.97 Å². The molecule has 0 amide bonds. The van der Waals surface area contributed by atoms with Gasteiger partial charge in [-0.1, -0.05) is 19.1 Å². The Morgan fingerprint density at radius 3 is 2.81 bits per heavy atom. The molecule has 1 heterocycles. The van der Waals surface area contributed by atoms with Crippen LogP contribution in [0.3, 0.4) is 0 Å². The van der Waals surface area contributed by atoms with Gasteiger partial charge in [0.15, 0.2) is 0 Å². The minimum atomic E-state index is -0.460. The first-order valence-electron chi connectivity index (χ1n) is 5.83. The summed E-state index contributed by atoms with van der Waals surface area (Å²) in [7, 11) is 1.40. The van der Waals surface area contributed by atoms with Crippen LogP contribution in [0.5, 0.6) is 0 Å². The number of hydrogen-bond donors (Lipinski definition) is 1. The van der Waals surface area contributed by atoms with E-state index in [0.29, 0.717) is 6.42 Å². The molecule has 1 aliphatic rings. The number of hydrogen-bond acceptors (Lipinski definition) is 4. The number of rotatable bonds is 5. The second-order valence-electron chi connectivity index (χ2n) is 4.46. The zero-order valence-corrected chi connectivity index (χ0v) is 10.2. The maximum Gasteiger partial charge on any atom is 0.307 e. The largest absolute Gasteiger partial charge is 0.469 e. The quantitative estimate of drug-likeness (QED) is 0.559. The molecule has 0 aromatic rings. The number of carbonyl (C=O) groups excluding carboxylic acids is 1. The lowest BCUT2D eigenvalue weighted by Crippen LogP contribution is -2.52. The maximum atomic E-state index is 11.3. The van der Waals surface area contributed by atoms with E-state index in [1.54, 1.807) is 0 Å². The number of ether oxygens (including phenoxy) is 1. The summed E-state index contributed by atoms with van der Waals surface area (Å²) in [5.74, 6) is -0.225. The molecule has 1 atom stereocenters. The van der Waals surface area contributed by atoms with E-state index < -0.39 is 5.54 Å². The lowest BCUT2D eigenvalue weighted by atomic mass is 9.92. The highest BCUT2D eigenvalue weighted by molar-refractivity contribution is 5.70. The molecular weight excluding hydrogens is 204 g/mol. The van der Waals surface area contributed by atoms with Crippen molar-refractivity contribution in [3.63, 3.8) is 0 Å². The minimum absolute atomic E-state index is 0.225. The molecule has 16 heavy (non-hydrogen) atoms. The third-order valence-corrected chi connectivity index (χ3v) is 3.11. The molecule has 1 rings (SSSR count). The molecule has 0 fully saturated rings. The van der Waals surface area contributed by atoms with Crippen LogP contribution < -0.4 is 5.73 Å².